The monoisotopic (exact) mass is 535 g/mol. The molecule has 170 valence electrons. The summed E-state index contributed by atoms with van der Waals surface area (Å²) in [4.78, 5) is 17.2. The molecule has 0 atom stereocenters. The molecule has 0 amide bonds. The van der Waals surface area contributed by atoms with Crippen LogP contribution in [0.3, 0.4) is 0 Å². The third-order valence-electron chi connectivity index (χ3n) is 5.08. The Hall–Kier alpha value is -3.74. The SMILES string of the molecule is Cc1ccc(Oc2nc3c(C)cccn3c(=O)c2C=C(C#N)S(=O)(=O)c2ccc(Br)cc2)cc1. The van der Waals surface area contributed by atoms with Gasteiger partial charge in [-0.25, -0.2) is 8.42 Å². The predicted octanol–water partition coefficient (Wildman–Crippen LogP) is 5.20. The normalized spacial score (nSPS) is 11.9. The Labute approximate surface area is 204 Å². The van der Waals surface area contributed by atoms with Gasteiger partial charge in [-0.2, -0.15) is 10.2 Å². The zero-order valence-corrected chi connectivity index (χ0v) is 20.6. The highest BCUT2D eigenvalue weighted by atomic mass is 79.9. The summed E-state index contributed by atoms with van der Waals surface area (Å²) in [5, 5.41) is 9.72. The largest absolute Gasteiger partial charge is 0.438 e. The van der Waals surface area contributed by atoms with Gasteiger partial charge in [0.1, 0.15) is 27.9 Å². The zero-order chi connectivity index (χ0) is 24.5. The molecular weight excluding hydrogens is 518 g/mol. The molecule has 9 heteroatoms. The Kier molecular flexibility index (Phi) is 6.37. The summed E-state index contributed by atoms with van der Waals surface area (Å²) in [6.07, 6.45) is 2.55. The smallest absolute Gasteiger partial charge is 0.269 e. The van der Waals surface area contributed by atoms with E-state index < -0.39 is 20.3 Å². The molecule has 4 rings (SSSR count). The topological polar surface area (TPSA) is 102 Å². The third-order valence-corrected chi connectivity index (χ3v) is 7.29. The Morgan fingerprint density at radius 3 is 2.41 bits per heavy atom. The molecule has 0 N–H and O–H groups in total. The number of ether oxygens (including phenoxy) is 1. The molecule has 0 aliphatic heterocycles. The van der Waals surface area contributed by atoms with Crippen molar-refractivity contribution >= 4 is 37.5 Å². The highest BCUT2D eigenvalue weighted by Gasteiger charge is 2.24. The number of fused-ring (bicyclic) bond motifs is 1. The maximum absolute atomic E-state index is 13.4. The van der Waals surface area contributed by atoms with Crippen molar-refractivity contribution in [2.45, 2.75) is 18.7 Å². The van der Waals surface area contributed by atoms with E-state index in [1.165, 1.54) is 22.7 Å². The molecule has 34 heavy (non-hydrogen) atoms. The van der Waals surface area contributed by atoms with Gasteiger partial charge in [0.15, 0.2) is 0 Å². The first kappa shape index (κ1) is 23.4. The van der Waals surface area contributed by atoms with Crippen molar-refractivity contribution in [2.24, 2.45) is 0 Å². The maximum Gasteiger partial charge on any atom is 0.269 e. The van der Waals surface area contributed by atoms with E-state index in [-0.39, 0.29) is 16.3 Å². The van der Waals surface area contributed by atoms with Gasteiger partial charge in [0.05, 0.1) is 4.90 Å². The lowest BCUT2D eigenvalue weighted by Crippen LogP contribution is -2.20. The van der Waals surface area contributed by atoms with E-state index in [1.54, 1.807) is 49.4 Å². The Morgan fingerprint density at radius 1 is 1.09 bits per heavy atom. The molecule has 2 aromatic heterocycles. The summed E-state index contributed by atoms with van der Waals surface area (Å²) in [5.74, 6) is 0.321. The summed E-state index contributed by atoms with van der Waals surface area (Å²) in [6.45, 7) is 3.72. The summed E-state index contributed by atoms with van der Waals surface area (Å²) in [5.41, 5.74) is 1.39. The van der Waals surface area contributed by atoms with Gasteiger partial charge >= 0.3 is 0 Å². The predicted molar refractivity (Wildman–Crippen MR) is 132 cm³/mol. The van der Waals surface area contributed by atoms with Crippen LogP contribution >= 0.6 is 15.9 Å². The molecule has 0 unspecified atom stereocenters. The number of nitrogens with zero attached hydrogens (tertiary/aromatic N) is 3. The molecule has 2 heterocycles. The maximum atomic E-state index is 13.4. The van der Waals surface area contributed by atoms with Gasteiger partial charge in [0, 0.05) is 10.7 Å². The number of halogens is 1. The molecule has 0 radical (unpaired) electrons. The van der Waals surface area contributed by atoms with E-state index >= 15 is 0 Å². The number of rotatable bonds is 5. The highest BCUT2D eigenvalue weighted by molar-refractivity contribution is 9.10. The van der Waals surface area contributed by atoms with Crippen LogP contribution in [-0.4, -0.2) is 17.8 Å². The van der Waals surface area contributed by atoms with Gasteiger partial charge in [0.25, 0.3) is 5.56 Å². The second kappa shape index (κ2) is 9.25. The van der Waals surface area contributed by atoms with E-state index in [9.17, 15) is 18.5 Å². The standard InChI is InChI=1S/C25H18BrN3O4S/c1-16-5-9-19(10-6-16)33-24-22(25(30)29-13-3-4-17(2)23(29)28-24)14-21(15-27)34(31,32)20-11-7-18(26)8-12-20/h3-14H,1-2H3. The molecule has 0 bridgehead atoms. The first-order valence-corrected chi connectivity index (χ1v) is 12.4. The summed E-state index contributed by atoms with van der Waals surface area (Å²) in [6, 6.07) is 18.2. The van der Waals surface area contributed by atoms with Crippen LogP contribution in [0.1, 0.15) is 16.7 Å². The number of nitriles is 1. The lowest BCUT2D eigenvalue weighted by molar-refractivity contribution is 0.460. The minimum absolute atomic E-state index is 0.0748. The van der Waals surface area contributed by atoms with Gasteiger partial charge in [-0.05, 0) is 68.0 Å². The van der Waals surface area contributed by atoms with Crippen LogP contribution in [-0.2, 0) is 9.84 Å². The van der Waals surface area contributed by atoms with Crippen molar-refractivity contribution in [1.82, 2.24) is 9.38 Å². The Morgan fingerprint density at radius 2 is 1.76 bits per heavy atom. The number of aromatic nitrogens is 2. The van der Waals surface area contributed by atoms with Crippen LogP contribution in [0.15, 0.2) is 85.9 Å². The molecule has 2 aromatic carbocycles. The first-order chi connectivity index (χ1) is 16.2. The fourth-order valence-electron chi connectivity index (χ4n) is 3.25. The van der Waals surface area contributed by atoms with Crippen molar-refractivity contribution in [1.29, 1.82) is 5.26 Å². The van der Waals surface area contributed by atoms with Crippen LogP contribution in [0.2, 0.25) is 0 Å². The second-order valence-electron chi connectivity index (χ2n) is 7.51. The lowest BCUT2D eigenvalue weighted by Gasteiger charge is -2.12. The highest BCUT2D eigenvalue weighted by Crippen LogP contribution is 2.28. The van der Waals surface area contributed by atoms with Gasteiger partial charge < -0.3 is 4.74 Å². The molecule has 0 aliphatic rings. The van der Waals surface area contributed by atoms with Gasteiger partial charge in [-0.3, -0.25) is 9.20 Å². The zero-order valence-electron chi connectivity index (χ0n) is 18.2. The van der Waals surface area contributed by atoms with Crippen LogP contribution in [0.4, 0.5) is 0 Å². The summed E-state index contributed by atoms with van der Waals surface area (Å²) in [7, 11) is -4.19. The molecule has 0 saturated carbocycles. The molecule has 0 spiro atoms. The van der Waals surface area contributed by atoms with Crippen molar-refractivity contribution in [2.75, 3.05) is 0 Å². The molecule has 0 fully saturated rings. The number of hydrogen-bond donors (Lipinski definition) is 0. The van der Waals surface area contributed by atoms with Gasteiger partial charge in [-0.1, -0.05) is 39.7 Å². The number of pyridine rings is 1. The molecule has 0 aliphatic carbocycles. The Balaban J connectivity index is 1.95. The molecular formula is C25H18BrN3O4S. The third kappa shape index (κ3) is 4.51. The van der Waals surface area contributed by atoms with E-state index in [2.05, 4.69) is 20.9 Å². The van der Waals surface area contributed by atoms with E-state index in [0.29, 0.717) is 15.9 Å². The van der Waals surface area contributed by atoms with Crippen molar-refractivity contribution < 1.29 is 13.2 Å². The molecule has 0 saturated heterocycles. The van der Waals surface area contributed by atoms with Crippen LogP contribution in [0.5, 0.6) is 11.6 Å². The van der Waals surface area contributed by atoms with Gasteiger partial charge in [0.2, 0.25) is 15.7 Å². The quantitative estimate of drug-likeness (QED) is 0.325. The van der Waals surface area contributed by atoms with Crippen molar-refractivity contribution in [3.8, 4) is 17.7 Å². The fourth-order valence-corrected chi connectivity index (χ4v) is 4.66. The number of sulfone groups is 1. The van der Waals surface area contributed by atoms with E-state index in [1.807, 2.05) is 19.1 Å². The number of aryl methyl sites for hydroxylation is 2. The minimum atomic E-state index is -4.19. The van der Waals surface area contributed by atoms with Crippen LogP contribution < -0.4 is 10.3 Å². The molecule has 4 aromatic rings. The lowest BCUT2D eigenvalue weighted by atomic mass is 10.2. The minimum Gasteiger partial charge on any atom is -0.438 e. The van der Waals surface area contributed by atoms with E-state index in [0.717, 1.165) is 17.2 Å². The van der Waals surface area contributed by atoms with Crippen LogP contribution in [0, 0.1) is 25.2 Å². The van der Waals surface area contributed by atoms with Gasteiger partial charge in [-0.15, -0.1) is 0 Å². The average Bonchev–Trinajstić information content (AvgIpc) is 2.81. The fraction of sp³-hybridized carbons (Fsp3) is 0.0800. The Bertz CT molecular complexity index is 1630. The summed E-state index contributed by atoms with van der Waals surface area (Å²) < 4.78 is 34.2. The number of hydrogen-bond acceptors (Lipinski definition) is 6. The summed E-state index contributed by atoms with van der Waals surface area (Å²) >= 11 is 3.26. The number of allylic oxidation sites excluding steroid dienone is 1. The average molecular weight is 536 g/mol. The van der Waals surface area contributed by atoms with E-state index in [4.69, 9.17) is 4.74 Å². The first-order valence-electron chi connectivity index (χ1n) is 10.1. The number of benzene rings is 2. The second-order valence-corrected chi connectivity index (χ2v) is 10.3. The van der Waals surface area contributed by atoms with Crippen LogP contribution in [0.25, 0.3) is 11.7 Å². The van der Waals surface area contributed by atoms with Crippen molar-refractivity contribution in [3.63, 3.8) is 0 Å². The molecule has 7 nitrogen and oxygen atoms in total. The van der Waals surface area contributed by atoms with Crippen molar-refractivity contribution in [3.05, 3.63) is 103 Å².